The fourth-order valence-corrected chi connectivity index (χ4v) is 4.18. The van der Waals surface area contributed by atoms with Gasteiger partial charge in [0.05, 0.1) is 0 Å². The standard InChI is InChI=1S/C15H23N5OS/c21-14(16-11-5-6-11)17-12-7-8-20(9-12)15-18-13(19-22-15)10-3-1-2-4-10/h10-12H,1-9H2,(H2,16,17,21). The SMILES string of the molecule is O=C(NC1CC1)NC1CCN(c2nc(C3CCCC3)ns2)C1. The Morgan fingerprint density at radius 2 is 1.86 bits per heavy atom. The van der Waals surface area contributed by atoms with Crippen molar-refractivity contribution in [2.75, 3.05) is 18.0 Å². The molecule has 2 heterocycles. The Morgan fingerprint density at radius 3 is 2.64 bits per heavy atom. The number of rotatable bonds is 4. The number of carbonyl (C=O) groups is 1. The summed E-state index contributed by atoms with van der Waals surface area (Å²) in [6, 6.07) is 0.616. The molecule has 0 radical (unpaired) electrons. The quantitative estimate of drug-likeness (QED) is 0.892. The Bertz CT molecular complexity index is 538. The smallest absolute Gasteiger partial charge is 0.315 e. The van der Waals surface area contributed by atoms with Gasteiger partial charge in [0.15, 0.2) is 0 Å². The predicted molar refractivity (Wildman–Crippen MR) is 86.4 cm³/mol. The third kappa shape index (κ3) is 3.19. The summed E-state index contributed by atoms with van der Waals surface area (Å²) < 4.78 is 4.57. The van der Waals surface area contributed by atoms with E-state index >= 15 is 0 Å². The molecule has 1 saturated heterocycles. The summed E-state index contributed by atoms with van der Waals surface area (Å²) in [5.41, 5.74) is 0. The molecule has 1 aliphatic heterocycles. The summed E-state index contributed by atoms with van der Waals surface area (Å²) in [7, 11) is 0. The van der Waals surface area contributed by atoms with E-state index in [1.165, 1.54) is 37.2 Å². The number of anilines is 1. The van der Waals surface area contributed by atoms with Crippen molar-refractivity contribution < 1.29 is 4.79 Å². The van der Waals surface area contributed by atoms with Gasteiger partial charge in [0, 0.05) is 42.6 Å². The third-order valence-electron chi connectivity index (χ3n) is 4.86. The van der Waals surface area contributed by atoms with Crippen molar-refractivity contribution >= 4 is 22.7 Å². The topological polar surface area (TPSA) is 70.2 Å². The van der Waals surface area contributed by atoms with E-state index in [4.69, 9.17) is 4.98 Å². The molecule has 1 aromatic heterocycles. The largest absolute Gasteiger partial charge is 0.345 e. The van der Waals surface area contributed by atoms with E-state index in [2.05, 4.69) is 19.9 Å². The summed E-state index contributed by atoms with van der Waals surface area (Å²) in [5.74, 6) is 1.62. The molecule has 22 heavy (non-hydrogen) atoms. The molecular weight excluding hydrogens is 298 g/mol. The van der Waals surface area contributed by atoms with E-state index in [0.29, 0.717) is 12.0 Å². The highest BCUT2D eigenvalue weighted by Gasteiger charge is 2.29. The summed E-state index contributed by atoms with van der Waals surface area (Å²) in [6.45, 7) is 1.80. The lowest BCUT2D eigenvalue weighted by atomic mass is 10.1. The van der Waals surface area contributed by atoms with Crippen molar-refractivity contribution in [2.45, 2.75) is 62.9 Å². The van der Waals surface area contributed by atoms with Crippen LogP contribution in [0.1, 0.15) is 56.7 Å². The molecular formula is C15H23N5OS. The minimum Gasteiger partial charge on any atom is -0.345 e. The van der Waals surface area contributed by atoms with Gasteiger partial charge in [-0.3, -0.25) is 0 Å². The van der Waals surface area contributed by atoms with Crippen LogP contribution >= 0.6 is 11.5 Å². The van der Waals surface area contributed by atoms with Gasteiger partial charge in [-0.1, -0.05) is 12.8 Å². The van der Waals surface area contributed by atoms with Crippen LogP contribution in [0.5, 0.6) is 0 Å². The van der Waals surface area contributed by atoms with Crippen LogP contribution in [0.25, 0.3) is 0 Å². The van der Waals surface area contributed by atoms with Crippen molar-refractivity contribution in [3.05, 3.63) is 5.82 Å². The third-order valence-corrected chi connectivity index (χ3v) is 5.65. The lowest BCUT2D eigenvalue weighted by molar-refractivity contribution is 0.237. The van der Waals surface area contributed by atoms with Crippen LogP contribution < -0.4 is 15.5 Å². The molecule has 1 atom stereocenters. The van der Waals surface area contributed by atoms with Gasteiger partial charge in [-0.15, -0.1) is 0 Å². The number of hydrogen-bond donors (Lipinski definition) is 2. The molecule has 1 unspecified atom stereocenters. The second-order valence-corrected chi connectivity index (χ2v) is 7.47. The highest BCUT2D eigenvalue weighted by Crippen LogP contribution is 2.34. The summed E-state index contributed by atoms with van der Waals surface area (Å²) in [6.07, 6.45) is 8.33. The van der Waals surface area contributed by atoms with Crippen molar-refractivity contribution in [3.63, 3.8) is 0 Å². The zero-order chi connectivity index (χ0) is 14.9. The van der Waals surface area contributed by atoms with Crippen LogP contribution in [-0.4, -0.2) is 40.6 Å². The van der Waals surface area contributed by atoms with Gasteiger partial charge in [-0.25, -0.2) is 9.78 Å². The summed E-state index contributed by atoms with van der Waals surface area (Å²) in [4.78, 5) is 18.8. The van der Waals surface area contributed by atoms with Crippen LogP contribution in [0.3, 0.4) is 0 Å². The number of nitrogens with zero attached hydrogens (tertiary/aromatic N) is 3. The second kappa shape index (κ2) is 6.02. The first-order valence-corrected chi connectivity index (χ1v) is 9.21. The number of aromatic nitrogens is 2. The van der Waals surface area contributed by atoms with Gasteiger partial charge in [-0.05, 0) is 32.1 Å². The van der Waals surface area contributed by atoms with E-state index in [1.54, 1.807) is 0 Å². The lowest BCUT2D eigenvalue weighted by Crippen LogP contribution is -2.44. The second-order valence-electron chi connectivity index (χ2n) is 6.74. The molecule has 0 aromatic carbocycles. The van der Waals surface area contributed by atoms with Gasteiger partial charge in [0.1, 0.15) is 5.82 Å². The first-order valence-electron chi connectivity index (χ1n) is 8.43. The molecule has 0 bridgehead atoms. The van der Waals surface area contributed by atoms with Crippen LogP contribution in [0.15, 0.2) is 0 Å². The van der Waals surface area contributed by atoms with E-state index in [-0.39, 0.29) is 12.1 Å². The Labute approximate surface area is 134 Å². The molecule has 4 rings (SSSR count). The Kier molecular flexibility index (Phi) is 3.90. The Balaban J connectivity index is 1.31. The average Bonchev–Trinajstić information content (AvgIpc) is 2.97. The molecule has 3 aliphatic rings. The monoisotopic (exact) mass is 321 g/mol. The molecule has 1 aromatic rings. The van der Waals surface area contributed by atoms with E-state index in [1.807, 2.05) is 0 Å². The van der Waals surface area contributed by atoms with Gasteiger partial charge >= 0.3 is 6.03 Å². The predicted octanol–water partition coefficient (Wildman–Crippen LogP) is 2.24. The fraction of sp³-hybridized carbons (Fsp3) is 0.800. The molecule has 2 N–H and O–H groups in total. The number of carbonyl (C=O) groups excluding carboxylic acids is 1. The number of hydrogen-bond acceptors (Lipinski definition) is 5. The van der Waals surface area contributed by atoms with Crippen molar-refractivity contribution in [2.24, 2.45) is 0 Å². The molecule has 3 fully saturated rings. The molecule has 120 valence electrons. The Morgan fingerprint density at radius 1 is 1.09 bits per heavy atom. The molecule has 2 amide bonds. The van der Waals surface area contributed by atoms with Gasteiger partial charge in [0.25, 0.3) is 0 Å². The normalized spacial score (nSPS) is 25.6. The minimum atomic E-state index is -0.0155. The van der Waals surface area contributed by atoms with Gasteiger partial charge in [-0.2, -0.15) is 4.37 Å². The highest BCUT2D eigenvalue weighted by atomic mass is 32.1. The van der Waals surface area contributed by atoms with Crippen molar-refractivity contribution in [1.82, 2.24) is 20.0 Å². The first-order chi connectivity index (χ1) is 10.8. The van der Waals surface area contributed by atoms with Crippen LogP contribution in [0.2, 0.25) is 0 Å². The van der Waals surface area contributed by atoms with Crippen LogP contribution in [0.4, 0.5) is 9.93 Å². The van der Waals surface area contributed by atoms with Gasteiger partial charge in [0.2, 0.25) is 5.13 Å². The van der Waals surface area contributed by atoms with E-state index < -0.39 is 0 Å². The summed E-state index contributed by atoms with van der Waals surface area (Å²) >= 11 is 1.51. The van der Waals surface area contributed by atoms with Crippen LogP contribution in [-0.2, 0) is 0 Å². The number of amides is 2. The molecule has 6 nitrogen and oxygen atoms in total. The molecule has 2 aliphatic carbocycles. The van der Waals surface area contributed by atoms with E-state index in [9.17, 15) is 4.79 Å². The average molecular weight is 321 g/mol. The first kappa shape index (κ1) is 14.2. The highest BCUT2D eigenvalue weighted by molar-refractivity contribution is 7.09. The van der Waals surface area contributed by atoms with Crippen molar-refractivity contribution in [1.29, 1.82) is 0 Å². The Hall–Kier alpha value is -1.37. The number of nitrogens with one attached hydrogen (secondary N) is 2. The molecule has 7 heteroatoms. The maximum atomic E-state index is 11.8. The lowest BCUT2D eigenvalue weighted by Gasteiger charge is -2.15. The zero-order valence-corrected chi connectivity index (χ0v) is 13.6. The van der Waals surface area contributed by atoms with Crippen molar-refractivity contribution in [3.8, 4) is 0 Å². The maximum Gasteiger partial charge on any atom is 0.315 e. The molecule has 2 saturated carbocycles. The summed E-state index contributed by atoms with van der Waals surface area (Å²) in [5, 5.41) is 7.08. The van der Waals surface area contributed by atoms with E-state index in [0.717, 1.165) is 43.3 Å². The van der Waals surface area contributed by atoms with Gasteiger partial charge < -0.3 is 15.5 Å². The maximum absolute atomic E-state index is 11.8. The fourth-order valence-electron chi connectivity index (χ4n) is 3.40. The zero-order valence-electron chi connectivity index (χ0n) is 12.8. The van der Waals surface area contributed by atoms with Crippen LogP contribution in [0, 0.1) is 0 Å². The minimum absolute atomic E-state index is 0.0155. The number of urea groups is 1. The molecule has 0 spiro atoms.